The van der Waals surface area contributed by atoms with Crippen molar-refractivity contribution in [3.63, 3.8) is 0 Å². The zero-order valence-electron chi connectivity index (χ0n) is 17.4. The van der Waals surface area contributed by atoms with Gasteiger partial charge in [-0.3, -0.25) is 9.59 Å². The van der Waals surface area contributed by atoms with E-state index in [1.54, 1.807) is 33.7 Å². The van der Waals surface area contributed by atoms with E-state index in [0.717, 1.165) is 0 Å². The van der Waals surface area contributed by atoms with Crippen molar-refractivity contribution in [1.29, 1.82) is 0 Å². The van der Waals surface area contributed by atoms with Crippen molar-refractivity contribution in [3.8, 4) is 0 Å². The van der Waals surface area contributed by atoms with E-state index in [2.05, 4.69) is 0 Å². The van der Waals surface area contributed by atoms with Crippen LogP contribution < -0.4 is 5.73 Å². The summed E-state index contributed by atoms with van der Waals surface area (Å²) in [6, 6.07) is 12.4. The number of fused-ring (bicyclic) bond motifs is 1. The van der Waals surface area contributed by atoms with Crippen molar-refractivity contribution in [2.75, 3.05) is 13.1 Å². The molecule has 32 heavy (non-hydrogen) atoms. The maximum Gasteiger partial charge on any atom is 0.242 e. The van der Waals surface area contributed by atoms with Gasteiger partial charge in [-0.1, -0.05) is 30.3 Å². The van der Waals surface area contributed by atoms with Crippen molar-refractivity contribution < 1.29 is 22.4 Å². The van der Waals surface area contributed by atoms with Gasteiger partial charge < -0.3 is 15.2 Å². The van der Waals surface area contributed by atoms with Crippen molar-refractivity contribution in [1.82, 2.24) is 9.47 Å². The van der Waals surface area contributed by atoms with Gasteiger partial charge in [0.2, 0.25) is 11.8 Å². The molecule has 0 aliphatic carbocycles. The zero-order valence-corrected chi connectivity index (χ0v) is 18.2. The number of nitrogens with zero attached hydrogens (tertiary/aromatic N) is 2. The van der Waals surface area contributed by atoms with Crippen LogP contribution in [0.3, 0.4) is 0 Å². The number of aromatic nitrogens is 1. The quantitative estimate of drug-likeness (QED) is 0.614. The lowest BCUT2D eigenvalue weighted by Gasteiger charge is -2.30. The van der Waals surface area contributed by atoms with Crippen LogP contribution in [0.2, 0.25) is 0 Å². The summed E-state index contributed by atoms with van der Waals surface area (Å²) in [5.74, 6) is -1.40. The molecular weight excluding hydrogens is 433 g/mol. The summed E-state index contributed by atoms with van der Waals surface area (Å²) in [7, 11) is -3.73. The number of hydrogen-bond acceptors (Lipinski definition) is 4. The Bertz CT molecular complexity index is 1260. The summed E-state index contributed by atoms with van der Waals surface area (Å²) in [5, 5.41) is 0.537. The van der Waals surface area contributed by atoms with E-state index in [9.17, 15) is 22.4 Å². The monoisotopic (exact) mass is 457 g/mol. The lowest BCUT2D eigenvalue weighted by molar-refractivity contribution is -0.135. The molecular formula is C23H24FN3O4S. The molecule has 0 bridgehead atoms. The first-order chi connectivity index (χ1) is 15.2. The predicted molar refractivity (Wildman–Crippen MR) is 118 cm³/mol. The van der Waals surface area contributed by atoms with E-state index in [1.807, 2.05) is 0 Å². The fourth-order valence-electron chi connectivity index (χ4n) is 4.13. The van der Waals surface area contributed by atoms with E-state index in [-0.39, 0.29) is 34.9 Å². The van der Waals surface area contributed by atoms with Crippen LogP contribution >= 0.6 is 0 Å². The highest BCUT2D eigenvalue weighted by Crippen LogP contribution is 2.28. The molecule has 0 saturated carbocycles. The highest BCUT2D eigenvalue weighted by atomic mass is 32.2. The molecule has 2 N–H and O–H groups in total. The smallest absolute Gasteiger partial charge is 0.242 e. The van der Waals surface area contributed by atoms with Crippen molar-refractivity contribution in [2.45, 2.75) is 30.0 Å². The molecule has 1 aromatic heterocycles. The number of halogens is 1. The SMILES string of the molecule is NC(=O)C1CCN(C(=O)Cn2cc(S(=O)(=O)Cc3ccc(F)cc3)c3ccccc32)CC1. The van der Waals surface area contributed by atoms with Crippen LogP contribution in [0.25, 0.3) is 10.9 Å². The maximum absolute atomic E-state index is 13.2. The minimum Gasteiger partial charge on any atom is -0.369 e. The van der Waals surface area contributed by atoms with Gasteiger partial charge in [0.25, 0.3) is 0 Å². The fourth-order valence-corrected chi connectivity index (χ4v) is 5.71. The van der Waals surface area contributed by atoms with Crippen LogP contribution in [0, 0.1) is 11.7 Å². The van der Waals surface area contributed by atoms with Gasteiger partial charge in [-0.25, -0.2) is 12.8 Å². The first kappa shape index (κ1) is 22.0. The number of sulfone groups is 1. The van der Waals surface area contributed by atoms with Crippen LogP contribution in [-0.2, 0) is 31.7 Å². The molecule has 1 aliphatic rings. The van der Waals surface area contributed by atoms with Gasteiger partial charge >= 0.3 is 0 Å². The standard InChI is InChI=1S/C23H24FN3O4S/c24-18-7-5-16(6-8-18)15-32(30,31)21-13-27(20-4-2-1-3-19(20)21)14-22(28)26-11-9-17(10-12-26)23(25)29/h1-8,13,17H,9-12,14-15H2,(H2,25,29). The first-order valence-corrected chi connectivity index (χ1v) is 12.0. The molecule has 0 unspecified atom stereocenters. The van der Waals surface area contributed by atoms with Crippen LogP contribution in [0.5, 0.6) is 0 Å². The van der Waals surface area contributed by atoms with Crippen molar-refractivity contribution in [2.24, 2.45) is 11.7 Å². The molecule has 1 fully saturated rings. The highest BCUT2D eigenvalue weighted by Gasteiger charge is 2.27. The molecule has 0 atom stereocenters. The average Bonchev–Trinajstić information content (AvgIpc) is 3.15. The number of rotatable bonds is 6. The number of nitrogens with two attached hydrogens (primary N) is 1. The Labute approximate surface area is 185 Å². The third-order valence-electron chi connectivity index (χ3n) is 5.91. The molecule has 0 spiro atoms. The fraction of sp³-hybridized carbons (Fsp3) is 0.304. The molecule has 0 radical (unpaired) electrons. The molecule has 2 heterocycles. The van der Waals surface area contributed by atoms with Gasteiger partial charge in [-0.2, -0.15) is 0 Å². The lowest BCUT2D eigenvalue weighted by Crippen LogP contribution is -2.42. The van der Waals surface area contributed by atoms with E-state index < -0.39 is 15.7 Å². The molecule has 4 rings (SSSR count). The Kier molecular flexibility index (Phi) is 6.01. The molecule has 2 amide bonds. The second-order valence-corrected chi connectivity index (χ2v) is 10.0. The molecule has 9 heteroatoms. The topological polar surface area (TPSA) is 102 Å². The lowest BCUT2D eigenvalue weighted by atomic mass is 9.96. The maximum atomic E-state index is 13.2. The Morgan fingerprint density at radius 2 is 1.69 bits per heavy atom. The van der Waals surface area contributed by atoms with E-state index >= 15 is 0 Å². The summed E-state index contributed by atoms with van der Waals surface area (Å²) in [6.07, 6.45) is 2.56. The molecule has 7 nitrogen and oxygen atoms in total. The Morgan fingerprint density at radius 3 is 2.34 bits per heavy atom. The van der Waals surface area contributed by atoms with Crippen molar-refractivity contribution >= 4 is 32.6 Å². The molecule has 168 valence electrons. The number of hydrogen-bond donors (Lipinski definition) is 1. The summed E-state index contributed by atoms with van der Waals surface area (Å²) >= 11 is 0. The Hall–Kier alpha value is -3.20. The minimum atomic E-state index is -3.73. The summed E-state index contributed by atoms with van der Waals surface area (Å²) in [6.45, 7) is 0.885. The molecule has 1 saturated heterocycles. The second kappa shape index (κ2) is 8.74. The van der Waals surface area contributed by atoms with Crippen LogP contribution in [0.15, 0.2) is 59.6 Å². The van der Waals surface area contributed by atoms with Crippen LogP contribution in [0.4, 0.5) is 4.39 Å². The number of likely N-dealkylation sites (tertiary alicyclic amines) is 1. The number of benzene rings is 2. The largest absolute Gasteiger partial charge is 0.369 e. The van der Waals surface area contributed by atoms with Crippen LogP contribution in [-0.4, -0.2) is 42.8 Å². The molecule has 1 aliphatic heterocycles. The molecule has 2 aromatic carbocycles. The average molecular weight is 458 g/mol. The van der Waals surface area contributed by atoms with Gasteiger partial charge in [0.05, 0.1) is 10.6 Å². The number of para-hydroxylation sites is 1. The van der Waals surface area contributed by atoms with Gasteiger partial charge in [-0.05, 0) is 36.6 Å². The van der Waals surface area contributed by atoms with Crippen LogP contribution in [0.1, 0.15) is 18.4 Å². The number of carbonyl (C=O) groups excluding carboxylic acids is 2. The number of carbonyl (C=O) groups is 2. The Morgan fingerprint density at radius 1 is 1.03 bits per heavy atom. The third kappa shape index (κ3) is 4.52. The number of primary amides is 1. The first-order valence-electron chi connectivity index (χ1n) is 10.4. The van der Waals surface area contributed by atoms with Gasteiger partial charge in [0, 0.05) is 36.1 Å². The summed E-state index contributed by atoms with van der Waals surface area (Å²) in [5.41, 5.74) is 6.49. The Balaban J connectivity index is 1.58. The van der Waals surface area contributed by atoms with E-state index in [1.165, 1.54) is 30.5 Å². The third-order valence-corrected chi connectivity index (χ3v) is 7.62. The number of amides is 2. The van der Waals surface area contributed by atoms with E-state index in [0.29, 0.717) is 42.4 Å². The van der Waals surface area contributed by atoms with E-state index in [4.69, 9.17) is 5.73 Å². The highest BCUT2D eigenvalue weighted by molar-refractivity contribution is 7.90. The van der Waals surface area contributed by atoms with Gasteiger partial charge in [0.15, 0.2) is 9.84 Å². The predicted octanol–water partition coefficient (Wildman–Crippen LogP) is 2.48. The molecule has 3 aromatic rings. The van der Waals surface area contributed by atoms with Crippen molar-refractivity contribution in [3.05, 3.63) is 66.1 Å². The summed E-state index contributed by atoms with van der Waals surface area (Å²) in [4.78, 5) is 26.0. The normalized spacial score (nSPS) is 15.2. The number of piperidine rings is 1. The summed E-state index contributed by atoms with van der Waals surface area (Å²) < 4.78 is 41.1. The van der Waals surface area contributed by atoms with Gasteiger partial charge in [0.1, 0.15) is 12.4 Å². The van der Waals surface area contributed by atoms with Gasteiger partial charge in [-0.15, -0.1) is 0 Å². The minimum absolute atomic E-state index is 0.00613. The zero-order chi connectivity index (χ0) is 22.9. The second-order valence-electron chi connectivity index (χ2n) is 8.08.